The highest BCUT2D eigenvalue weighted by molar-refractivity contribution is 5.48. The van der Waals surface area contributed by atoms with Crippen LogP contribution in [0.5, 0.6) is 0 Å². The Labute approximate surface area is 102 Å². The molecule has 0 spiro atoms. The van der Waals surface area contributed by atoms with Gasteiger partial charge in [-0.25, -0.2) is 4.39 Å². The highest BCUT2D eigenvalue weighted by Gasteiger charge is 2.19. The summed E-state index contributed by atoms with van der Waals surface area (Å²) in [5.41, 5.74) is 1.79. The number of hydrogen-bond acceptors (Lipinski definition) is 2. The number of benzene rings is 1. The molecule has 1 N–H and O–H groups in total. The fourth-order valence-electron chi connectivity index (χ4n) is 1.78. The predicted octanol–water partition coefficient (Wildman–Crippen LogP) is 3.18. The van der Waals surface area contributed by atoms with Gasteiger partial charge >= 0.3 is 0 Å². The number of nitrogens with one attached hydrogen (secondary N) is 1. The van der Waals surface area contributed by atoms with E-state index in [0.717, 1.165) is 25.3 Å². The number of anilines is 1. The van der Waals surface area contributed by atoms with Crippen molar-refractivity contribution < 1.29 is 9.13 Å². The van der Waals surface area contributed by atoms with E-state index in [2.05, 4.69) is 26.1 Å². The largest absolute Gasteiger partial charge is 0.382 e. The summed E-state index contributed by atoms with van der Waals surface area (Å²) in [6.45, 7) is 8.74. The van der Waals surface area contributed by atoms with Crippen molar-refractivity contribution in [3.8, 4) is 0 Å². The molecule has 1 fully saturated rings. The first-order valence-electron chi connectivity index (χ1n) is 6.08. The van der Waals surface area contributed by atoms with Crippen LogP contribution in [0.2, 0.25) is 0 Å². The van der Waals surface area contributed by atoms with Crippen LogP contribution in [0, 0.1) is 11.7 Å². The zero-order valence-corrected chi connectivity index (χ0v) is 10.7. The minimum absolute atomic E-state index is 0.0453. The molecular formula is C14H20FNO. The van der Waals surface area contributed by atoms with E-state index >= 15 is 0 Å². The standard InChI is InChI=1S/C14H20FNO/c1-14(2,3)11-4-5-12(15)13(6-11)16-7-10-8-17-9-10/h4-6,10,16H,7-9H2,1-3H3. The van der Waals surface area contributed by atoms with E-state index in [0.29, 0.717) is 11.6 Å². The van der Waals surface area contributed by atoms with Gasteiger partial charge in [0.25, 0.3) is 0 Å². The van der Waals surface area contributed by atoms with E-state index in [1.807, 2.05) is 12.1 Å². The molecule has 1 aliphatic heterocycles. The molecule has 0 atom stereocenters. The SMILES string of the molecule is CC(C)(C)c1ccc(F)c(NCC2COC2)c1. The van der Waals surface area contributed by atoms with Crippen LogP contribution in [0.15, 0.2) is 18.2 Å². The van der Waals surface area contributed by atoms with E-state index < -0.39 is 0 Å². The number of halogens is 1. The summed E-state index contributed by atoms with van der Waals surface area (Å²) >= 11 is 0. The van der Waals surface area contributed by atoms with Gasteiger partial charge in [-0.1, -0.05) is 26.8 Å². The molecule has 0 saturated carbocycles. The Balaban J connectivity index is 2.08. The summed E-state index contributed by atoms with van der Waals surface area (Å²) in [5, 5.41) is 3.17. The van der Waals surface area contributed by atoms with Crippen LogP contribution in [-0.4, -0.2) is 19.8 Å². The molecule has 1 aromatic rings. The summed E-state index contributed by atoms with van der Waals surface area (Å²) in [6, 6.07) is 5.31. The minimum Gasteiger partial charge on any atom is -0.382 e. The summed E-state index contributed by atoms with van der Waals surface area (Å²) in [5.74, 6) is 0.339. The lowest BCUT2D eigenvalue weighted by molar-refractivity contribution is -0.0248. The number of ether oxygens (including phenoxy) is 1. The van der Waals surface area contributed by atoms with Crippen LogP contribution in [0.1, 0.15) is 26.3 Å². The molecule has 0 amide bonds. The van der Waals surface area contributed by atoms with Gasteiger partial charge in [-0.05, 0) is 23.1 Å². The average molecular weight is 237 g/mol. The molecule has 0 aromatic heterocycles. The van der Waals surface area contributed by atoms with Crippen LogP contribution >= 0.6 is 0 Å². The first-order chi connectivity index (χ1) is 7.97. The first-order valence-corrected chi connectivity index (χ1v) is 6.08. The summed E-state index contributed by atoms with van der Waals surface area (Å²) in [4.78, 5) is 0. The second-order valence-electron chi connectivity index (χ2n) is 5.73. The summed E-state index contributed by atoms with van der Waals surface area (Å²) in [6.07, 6.45) is 0. The highest BCUT2D eigenvalue weighted by Crippen LogP contribution is 2.26. The van der Waals surface area contributed by atoms with Crippen LogP contribution in [-0.2, 0) is 10.2 Å². The van der Waals surface area contributed by atoms with Crippen molar-refractivity contribution >= 4 is 5.69 Å². The van der Waals surface area contributed by atoms with Gasteiger partial charge < -0.3 is 10.1 Å². The molecule has 2 rings (SSSR count). The molecule has 94 valence electrons. The van der Waals surface area contributed by atoms with Crippen molar-refractivity contribution in [3.63, 3.8) is 0 Å². The molecule has 1 heterocycles. The maximum Gasteiger partial charge on any atom is 0.146 e. The third-order valence-electron chi connectivity index (χ3n) is 3.12. The topological polar surface area (TPSA) is 21.3 Å². The molecule has 0 unspecified atom stereocenters. The van der Waals surface area contributed by atoms with Crippen molar-refractivity contribution in [2.45, 2.75) is 26.2 Å². The van der Waals surface area contributed by atoms with Gasteiger partial charge in [-0.15, -0.1) is 0 Å². The Morgan fingerprint density at radius 1 is 1.35 bits per heavy atom. The van der Waals surface area contributed by atoms with E-state index in [-0.39, 0.29) is 11.2 Å². The smallest absolute Gasteiger partial charge is 0.146 e. The normalized spacial score (nSPS) is 16.7. The molecule has 0 aliphatic carbocycles. The van der Waals surface area contributed by atoms with Crippen molar-refractivity contribution in [3.05, 3.63) is 29.6 Å². The van der Waals surface area contributed by atoms with Crippen molar-refractivity contribution in [1.29, 1.82) is 0 Å². The van der Waals surface area contributed by atoms with E-state index in [1.54, 1.807) is 6.07 Å². The third kappa shape index (κ3) is 2.97. The average Bonchev–Trinajstić information content (AvgIpc) is 2.16. The van der Waals surface area contributed by atoms with Gasteiger partial charge in [0.15, 0.2) is 0 Å². The first kappa shape index (κ1) is 12.4. The minimum atomic E-state index is -0.182. The number of hydrogen-bond donors (Lipinski definition) is 1. The van der Waals surface area contributed by atoms with Gasteiger partial charge in [0.1, 0.15) is 5.82 Å². The maximum atomic E-state index is 13.6. The fraction of sp³-hybridized carbons (Fsp3) is 0.571. The second kappa shape index (κ2) is 4.65. The summed E-state index contributed by atoms with van der Waals surface area (Å²) in [7, 11) is 0. The Bertz CT molecular complexity index is 394. The Kier molecular flexibility index (Phi) is 3.38. The lowest BCUT2D eigenvalue weighted by Gasteiger charge is -2.27. The molecular weight excluding hydrogens is 217 g/mol. The second-order valence-corrected chi connectivity index (χ2v) is 5.73. The van der Waals surface area contributed by atoms with Gasteiger partial charge in [0.05, 0.1) is 18.9 Å². The molecule has 1 aliphatic rings. The van der Waals surface area contributed by atoms with E-state index in [1.165, 1.54) is 0 Å². The lowest BCUT2D eigenvalue weighted by Crippen LogP contribution is -2.33. The van der Waals surface area contributed by atoms with Crippen LogP contribution in [0.4, 0.5) is 10.1 Å². The van der Waals surface area contributed by atoms with Crippen LogP contribution < -0.4 is 5.32 Å². The monoisotopic (exact) mass is 237 g/mol. The van der Waals surface area contributed by atoms with Crippen molar-refractivity contribution in [1.82, 2.24) is 0 Å². The highest BCUT2D eigenvalue weighted by atomic mass is 19.1. The fourth-order valence-corrected chi connectivity index (χ4v) is 1.78. The molecule has 17 heavy (non-hydrogen) atoms. The Morgan fingerprint density at radius 3 is 2.59 bits per heavy atom. The summed E-state index contributed by atoms with van der Waals surface area (Å²) < 4.78 is 18.7. The molecule has 2 nitrogen and oxygen atoms in total. The zero-order valence-electron chi connectivity index (χ0n) is 10.7. The molecule has 3 heteroatoms. The van der Waals surface area contributed by atoms with Gasteiger partial charge in [-0.3, -0.25) is 0 Å². The van der Waals surface area contributed by atoms with E-state index in [9.17, 15) is 4.39 Å². The van der Waals surface area contributed by atoms with Crippen LogP contribution in [0.25, 0.3) is 0 Å². The lowest BCUT2D eigenvalue weighted by atomic mass is 9.87. The maximum absolute atomic E-state index is 13.6. The third-order valence-corrected chi connectivity index (χ3v) is 3.12. The van der Waals surface area contributed by atoms with Gasteiger partial charge in [-0.2, -0.15) is 0 Å². The molecule has 1 saturated heterocycles. The molecule has 0 bridgehead atoms. The predicted molar refractivity (Wildman–Crippen MR) is 67.9 cm³/mol. The zero-order chi connectivity index (χ0) is 12.5. The number of rotatable bonds is 3. The molecule has 0 radical (unpaired) electrons. The van der Waals surface area contributed by atoms with Crippen LogP contribution in [0.3, 0.4) is 0 Å². The van der Waals surface area contributed by atoms with Crippen molar-refractivity contribution in [2.24, 2.45) is 5.92 Å². The Morgan fingerprint density at radius 2 is 2.06 bits per heavy atom. The molecule has 1 aromatic carbocycles. The quantitative estimate of drug-likeness (QED) is 0.871. The van der Waals surface area contributed by atoms with Gasteiger partial charge in [0.2, 0.25) is 0 Å². The van der Waals surface area contributed by atoms with Gasteiger partial charge in [0, 0.05) is 12.5 Å². The Hall–Kier alpha value is -1.09. The van der Waals surface area contributed by atoms with E-state index in [4.69, 9.17) is 4.74 Å². The van der Waals surface area contributed by atoms with Crippen molar-refractivity contribution in [2.75, 3.05) is 25.1 Å².